The quantitative estimate of drug-likeness (QED) is 0.871. The zero-order valence-corrected chi connectivity index (χ0v) is 11.2. The van der Waals surface area contributed by atoms with E-state index in [1.54, 1.807) is 6.20 Å². The number of aryl methyl sites for hydroxylation is 1. The molecule has 1 aliphatic heterocycles. The average molecular weight is 278 g/mol. The highest BCUT2D eigenvalue weighted by Crippen LogP contribution is 2.17. The maximum absolute atomic E-state index is 11.6. The molecular formula is C10H16ClN3O2S. The molecule has 1 fully saturated rings. The molecule has 1 aromatic heterocycles. The van der Waals surface area contributed by atoms with Crippen LogP contribution in [0.2, 0.25) is 0 Å². The third-order valence-electron chi connectivity index (χ3n) is 2.29. The van der Waals surface area contributed by atoms with Gasteiger partial charge in [0.15, 0.2) is 5.13 Å². The fourth-order valence-corrected chi connectivity index (χ4v) is 2.22. The second-order valence-corrected chi connectivity index (χ2v) is 4.96. The molecule has 7 heteroatoms. The summed E-state index contributed by atoms with van der Waals surface area (Å²) in [5.41, 5.74) is 0. The molecule has 1 unspecified atom stereocenters. The Morgan fingerprint density at radius 2 is 2.59 bits per heavy atom. The maximum atomic E-state index is 11.6. The number of hydrogen-bond acceptors (Lipinski definition) is 5. The minimum Gasteiger partial charge on any atom is -0.375 e. The van der Waals surface area contributed by atoms with E-state index in [-0.39, 0.29) is 24.4 Å². The van der Waals surface area contributed by atoms with Crippen molar-refractivity contribution in [3.8, 4) is 0 Å². The van der Waals surface area contributed by atoms with E-state index in [0.29, 0.717) is 18.2 Å². The van der Waals surface area contributed by atoms with E-state index < -0.39 is 0 Å². The molecule has 1 amide bonds. The highest BCUT2D eigenvalue weighted by molar-refractivity contribution is 7.15. The number of halogens is 1. The van der Waals surface area contributed by atoms with Gasteiger partial charge < -0.3 is 15.4 Å². The van der Waals surface area contributed by atoms with Gasteiger partial charge >= 0.3 is 0 Å². The van der Waals surface area contributed by atoms with Gasteiger partial charge in [-0.2, -0.15) is 0 Å². The topological polar surface area (TPSA) is 63.2 Å². The Morgan fingerprint density at radius 3 is 3.18 bits per heavy atom. The van der Waals surface area contributed by atoms with Crippen LogP contribution in [0.15, 0.2) is 6.20 Å². The first-order valence-electron chi connectivity index (χ1n) is 5.28. The predicted octanol–water partition coefficient (Wildman–Crippen LogP) is 1.19. The first kappa shape index (κ1) is 14.4. The van der Waals surface area contributed by atoms with Gasteiger partial charge in [-0.1, -0.05) is 0 Å². The standard InChI is InChI=1S/C10H15N3O2S.ClH/c1-7-5-12-10(16-7)13-9(14)4-8-6-11-2-3-15-8;/h5,8,11H,2-4,6H2,1H3,(H,12,13,14);1H. The lowest BCUT2D eigenvalue weighted by Crippen LogP contribution is -2.40. The summed E-state index contributed by atoms with van der Waals surface area (Å²) in [6.07, 6.45) is 2.11. The summed E-state index contributed by atoms with van der Waals surface area (Å²) in [6.45, 7) is 4.24. The van der Waals surface area contributed by atoms with Gasteiger partial charge in [0.2, 0.25) is 5.91 Å². The number of nitrogens with zero attached hydrogens (tertiary/aromatic N) is 1. The van der Waals surface area contributed by atoms with Crippen LogP contribution in [0.1, 0.15) is 11.3 Å². The summed E-state index contributed by atoms with van der Waals surface area (Å²) in [4.78, 5) is 16.8. The minimum absolute atomic E-state index is 0. The smallest absolute Gasteiger partial charge is 0.228 e. The normalized spacial score (nSPS) is 19.5. The van der Waals surface area contributed by atoms with Gasteiger partial charge in [-0.25, -0.2) is 4.98 Å². The molecular weight excluding hydrogens is 262 g/mol. The lowest BCUT2D eigenvalue weighted by Gasteiger charge is -2.22. The van der Waals surface area contributed by atoms with Crippen LogP contribution in [0.4, 0.5) is 5.13 Å². The average Bonchev–Trinajstić information content (AvgIpc) is 2.65. The van der Waals surface area contributed by atoms with Gasteiger partial charge in [0, 0.05) is 24.2 Å². The van der Waals surface area contributed by atoms with Crippen LogP contribution < -0.4 is 10.6 Å². The van der Waals surface area contributed by atoms with Crippen molar-refractivity contribution in [1.29, 1.82) is 0 Å². The highest BCUT2D eigenvalue weighted by atomic mass is 35.5. The molecule has 1 aliphatic rings. The molecule has 5 nitrogen and oxygen atoms in total. The summed E-state index contributed by atoms with van der Waals surface area (Å²) in [7, 11) is 0. The summed E-state index contributed by atoms with van der Waals surface area (Å²) in [5.74, 6) is -0.0388. The molecule has 1 saturated heterocycles. The number of rotatable bonds is 3. The Labute approximate surface area is 110 Å². The van der Waals surface area contributed by atoms with E-state index in [1.165, 1.54) is 11.3 Å². The Bertz CT molecular complexity index is 366. The molecule has 0 radical (unpaired) electrons. The lowest BCUT2D eigenvalue weighted by atomic mass is 10.2. The summed E-state index contributed by atoms with van der Waals surface area (Å²) >= 11 is 1.48. The van der Waals surface area contributed by atoms with Crippen LogP contribution in [0.5, 0.6) is 0 Å². The maximum Gasteiger partial charge on any atom is 0.228 e. The minimum atomic E-state index is -0.0388. The Kier molecular flexibility index (Phi) is 5.84. The molecule has 2 heterocycles. The molecule has 0 spiro atoms. The zero-order chi connectivity index (χ0) is 11.4. The van der Waals surface area contributed by atoms with Gasteiger partial charge in [0.1, 0.15) is 0 Å². The van der Waals surface area contributed by atoms with Gasteiger partial charge in [0.25, 0.3) is 0 Å². The second kappa shape index (κ2) is 6.90. The van der Waals surface area contributed by atoms with E-state index in [2.05, 4.69) is 15.6 Å². The number of anilines is 1. The van der Waals surface area contributed by atoms with Crippen LogP contribution in [0.25, 0.3) is 0 Å². The number of thiazole rings is 1. The van der Waals surface area contributed by atoms with Crippen molar-refractivity contribution in [2.45, 2.75) is 19.4 Å². The number of hydrogen-bond donors (Lipinski definition) is 2. The van der Waals surface area contributed by atoms with Crippen molar-refractivity contribution >= 4 is 34.8 Å². The number of carbonyl (C=O) groups excluding carboxylic acids is 1. The van der Waals surface area contributed by atoms with Crippen molar-refractivity contribution in [2.24, 2.45) is 0 Å². The fraction of sp³-hybridized carbons (Fsp3) is 0.600. The molecule has 2 rings (SSSR count). The van der Waals surface area contributed by atoms with E-state index in [9.17, 15) is 4.79 Å². The molecule has 96 valence electrons. The largest absolute Gasteiger partial charge is 0.375 e. The molecule has 1 atom stereocenters. The molecule has 0 aliphatic carbocycles. The van der Waals surface area contributed by atoms with Gasteiger partial charge in [-0.3, -0.25) is 4.79 Å². The van der Waals surface area contributed by atoms with Gasteiger partial charge in [0.05, 0.1) is 19.1 Å². The van der Waals surface area contributed by atoms with Gasteiger partial charge in [-0.05, 0) is 6.92 Å². The van der Waals surface area contributed by atoms with E-state index in [1.807, 2.05) is 6.92 Å². The molecule has 1 aromatic rings. The van der Waals surface area contributed by atoms with Crippen molar-refractivity contribution in [2.75, 3.05) is 25.0 Å². The number of carbonyl (C=O) groups is 1. The molecule has 0 aromatic carbocycles. The van der Waals surface area contributed by atoms with Crippen LogP contribution in [0, 0.1) is 6.92 Å². The van der Waals surface area contributed by atoms with Crippen molar-refractivity contribution in [3.05, 3.63) is 11.1 Å². The number of ether oxygens (including phenoxy) is 1. The van der Waals surface area contributed by atoms with Crippen molar-refractivity contribution in [1.82, 2.24) is 10.3 Å². The number of amides is 1. The molecule has 0 bridgehead atoms. The second-order valence-electron chi connectivity index (χ2n) is 3.73. The molecule has 2 N–H and O–H groups in total. The van der Waals surface area contributed by atoms with E-state index in [4.69, 9.17) is 4.74 Å². The van der Waals surface area contributed by atoms with Crippen LogP contribution in [-0.2, 0) is 9.53 Å². The SMILES string of the molecule is Cc1cnc(NC(=O)CC2CNCCO2)s1.Cl. The van der Waals surface area contributed by atoms with Gasteiger partial charge in [-0.15, -0.1) is 23.7 Å². The van der Waals surface area contributed by atoms with E-state index >= 15 is 0 Å². The van der Waals surface area contributed by atoms with Crippen molar-refractivity contribution in [3.63, 3.8) is 0 Å². The first-order valence-corrected chi connectivity index (χ1v) is 6.10. The summed E-state index contributed by atoms with van der Waals surface area (Å²) in [6, 6.07) is 0. The lowest BCUT2D eigenvalue weighted by molar-refractivity contribution is -0.119. The van der Waals surface area contributed by atoms with E-state index in [0.717, 1.165) is 18.0 Å². The first-order chi connectivity index (χ1) is 7.74. The predicted molar refractivity (Wildman–Crippen MR) is 70.0 cm³/mol. The van der Waals surface area contributed by atoms with Crippen LogP contribution in [-0.4, -0.2) is 36.7 Å². The summed E-state index contributed by atoms with van der Waals surface area (Å²) < 4.78 is 5.45. The Balaban J connectivity index is 0.00000144. The number of aromatic nitrogens is 1. The Morgan fingerprint density at radius 1 is 1.76 bits per heavy atom. The molecule has 17 heavy (non-hydrogen) atoms. The number of nitrogens with one attached hydrogen (secondary N) is 2. The van der Waals surface area contributed by atoms with Crippen LogP contribution in [0.3, 0.4) is 0 Å². The number of morpholine rings is 1. The monoisotopic (exact) mass is 277 g/mol. The fourth-order valence-electron chi connectivity index (χ4n) is 1.54. The zero-order valence-electron chi connectivity index (χ0n) is 9.56. The summed E-state index contributed by atoms with van der Waals surface area (Å²) in [5, 5.41) is 6.62. The van der Waals surface area contributed by atoms with Crippen LogP contribution >= 0.6 is 23.7 Å². The molecule has 0 saturated carbocycles. The Hall–Kier alpha value is -0.690. The van der Waals surface area contributed by atoms with Crippen molar-refractivity contribution < 1.29 is 9.53 Å². The highest BCUT2D eigenvalue weighted by Gasteiger charge is 2.17. The third-order valence-corrected chi connectivity index (χ3v) is 3.11. The third kappa shape index (κ3) is 4.59.